The van der Waals surface area contributed by atoms with Crippen LogP contribution in [0.3, 0.4) is 0 Å². The van der Waals surface area contributed by atoms with Crippen LogP contribution < -0.4 is 0 Å². The van der Waals surface area contributed by atoms with E-state index in [4.69, 9.17) is 0 Å². The van der Waals surface area contributed by atoms with Gasteiger partial charge in [0.05, 0.1) is 12.1 Å². The number of aliphatic hydroxyl groups is 1. The molecule has 15 heavy (non-hydrogen) atoms. The van der Waals surface area contributed by atoms with Crippen LogP contribution in [-0.4, -0.2) is 34.0 Å². The zero-order valence-electron chi connectivity index (χ0n) is 9.63. The first-order valence-corrected chi connectivity index (χ1v) is 5.06. The number of rotatable bonds is 3. The molecule has 0 aromatic carbocycles. The zero-order chi connectivity index (χ0) is 11.8. The minimum absolute atomic E-state index is 0.207. The number of hydrogen-bond acceptors (Lipinski definition) is 3. The number of hydrogen-bond donors (Lipinski definition) is 1. The van der Waals surface area contributed by atoms with Crippen molar-refractivity contribution in [3.05, 3.63) is 11.1 Å². The Bertz CT molecular complexity index is 316. The molecule has 4 heteroatoms. The Labute approximate surface area is 89.6 Å². The number of carbonyl (C=O) groups is 2. The molecule has 0 aromatic rings. The van der Waals surface area contributed by atoms with Crippen molar-refractivity contribution in [1.29, 1.82) is 0 Å². The summed E-state index contributed by atoms with van der Waals surface area (Å²) >= 11 is 0. The Kier molecular flexibility index (Phi) is 3.00. The molecular weight excluding hydrogens is 194 g/mol. The highest BCUT2D eigenvalue weighted by molar-refractivity contribution is 6.19. The summed E-state index contributed by atoms with van der Waals surface area (Å²) < 4.78 is 0. The third-order valence-electron chi connectivity index (χ3n) is 3.25. The Balaban J connectivity index is 3.12. The number of aliphatic hydroxyl groups excluding tert-OH is 1. The smallest absolute Gasteiger partial charge is 0.257 e. The van der Waals surface area contributed by atoms with Crippen LogP contribution in [0.2, 0.25) is 0 Å². The fourth-order valence-electron chi connectivity index (χ4n) is 1.58. The second kappa shape index (κ2) is 3.77. The Hall–Kier alpha value is -1.16. The maximum atomic E-state index is 11.8. The molecule has 1 heterocycles. The Morgan fingerprint density at radius 2 is 1.60 bits per heavy atom. The first kappa shape index (κ1) is 11.9. The van der Waals surface area contributed by atoms with Gasteiger partial charge < -0.3 is 5.11 Å². The lowest BCUT2D eigenvalue weighted by molar-refractivity contribution is -0.146. The second-order valence-corrected chi connectivity index (χ2v) is 4.20. The lowest BCUT2D eigenvalue weighted by Crippen LogP contribution is -2.52. The number of nitrogens with zero attached hydrogens (tertiary/aromatic N) is 1. The molecule has 0 spiro atoms. The van der Waals surface area contributed by atoms with Crippen molar-refractivity contribution in [3.8, 4) is 0 Å². The summed E-state index contributed by atoms with van der Waals surface area (Å²) in [5.74, 6) is -0.563. The van der Waals surface area contributed by atoms with E-state index in [1.165, 1.54) is 4.90 Å². The second-order valence-electron chi connectivity index (χ2n) is 4.20. The van der Waals surface area contributed by atoms with Crippen molar-refractivity contribution in [2.45, 2.75) is 39.7 Å². The highest BCUT2D eigenvalue weighted by Crippen LogP contribution is 2.29. The molecule has 0 radical (unpaired) electrons. The van der Waals surface area contributed by atoms with E-state index in [1.54, 1.807) is 20.8 Å². The van der Waals surface area contributed by atoms with E-state index in [0.717, 1.165) is 0 Å². The third kappa shape index (κ3) is 1.59. The molecule has 0 saturated carbocycles. The largest absolute Gasteiger partial charge is 0.394 e. The van der Waals surface area contributed by atoms with Gasteiger partial charge in [-0.25, -0.2) is 0 Å². The van der Waals surface area contributed by atoms with Crippen molar-refractivity contribution < 1.29 is 14.7 Å². The Morgan fingerprint density at radius 3 is 1.87 bits per heavy atom. The maximum absolute atomic E-state index is 11.8. The van der Waals surface area contributed by atoms with Crippen LogP contribution in [0.1, 0.15) is 34.1 Å². The highest BCUT2D eigenvalue weighted by Gasteiger charge is 2.43. The van der Waals surface area contributed by atoms with Crippen LogP contribution in [0.5, 0.6) is 0 Å². The molecule has 1 N–H and O–H groups in total. The van der Waals surface area contributed by atoms with E-state index in [-0.39, 0.29) is 18.4 Å². The van der Waals surface area contributed by atoms with Crippen LogP contribution in [0.15, 0.2) is 11.1 Å². The maximum Gasteiger partial charge on any atom is 0.257 e. The van der Waals surface area contributed by atoms with E-state index < -0.39 is 5.54 Å². The first-order valence-electron chi connectivity index (χ1n) is 5.06. The van der Waals surface area contributed by atoms with Gasteiger partial charge in [0.25, 0.3) is 11.8 Å². The van der Waals surface area contributed by atoms with Crippen molar-refractivity contribution in [2.75, 3.05) is 6.61 Å². The zero-order valence-corrected chi connectivity index (χ0v) is 9.63. The van der Waals surface area contributed by atoms with Crippen LogP contribution in [0.4, 0.5) is 0 Å². The SMILES string of the molecule is CCC(C)(CO)N1C(=O)C(C)=C(C)C1=O. The molecule has 0 bridgehead atoms. The number of carbonyl (C=O) groups excluding carboxylic acids is 2. The van der Waals surface area contributed by atoms with Gasteiger partial charge >= 0.3 is 0 Å². The van der Waals surface area contributed by atoms with E-state index in [0.29, 0.717) is 17.6 Å². The summed E-state index contributed by atoms with van der Waals surface area (Å²) in [6.07, 6.45) is 0.543. The lowest BCUT2D eigenvalue weighted by atomic mass is 9.97. The summed E-state index contributed by atoms with van der Waals surface area (Å²) in [5, 5.41) is 9.29. The Morgan fingerprint density at radius 1 is 1.20 bits per heavy atom. The molecule has 1 unspecified atom stereocenters. The summed E-state index contributed by atoms with van der Waals surface area (Å²) in [4.78, 5) is 24.8. The molecule has 0 aromatic heterocycles. The molecule has 1 rings (SSSR count). The predicted octanol–water partition coefficient (Wildman–Crippen LogP) is 0.853. The standard InChI is InChI=1S/C11H17NO3/c1-5-11(4,6-13)12-9(14)7(2)8(3)10(12)15/h13H,5-6H2,1-4H3. The van der Waals surface area contributed by atoms with Crippen LogP contribution in [0, 0.1) is 0 Å². The summed E-state index contributed by atoms with van der Waals surface area (Å²) in [6, 6.07) is 0. The van der Waals surface area contributed by atoms with Crippen LogP contribution >= 0.6 is 0 Å². The van der Waals surface area contributed by atoms with E-state index in [2.05, 4.69) is 0 Å². The molecule has 1 aliphatic heterocycles. The minimum Gasteiger partial charge on any atom is -0.394 e. The average molecular weight is 211 g/mol. The molecule has 2 amide bonds. The molecule has 0 aliphatic carbocycles. The first-order chi connectivity index (χ1) is 6.89. The van der Waals surface area contributed by atoms with Gasteiger partial charge in [-0.1, -0.05) is 6.92 Å². The fourth-order valence-corrected chi connectivity index (χ4v) is 1.58. The molecular formula is C11H17NO3. The highest BCUT2D eigenvalue weighted by atomic mass is 16.3. The normalized spacial score (nSPS) is 21.3. The van der Waals surface area contributed by atoms with E-state index in [9.17, 15) is 14.7 Å². The summed E-state index contributed by atoms with van der Waals surface area (Å²) in [6.45, 7) is 6.64. The van der Waals surface area contributed by atoms with Gasteiger partial charge in [0, 0.05) is 11.1 Å². The molecule has 1 aliphatic rings. The average Bonchev–Trinajstić information content (AvgIpc) is 2.43. The van der Waals surface area contributed by atoms with Gasteiger partial charge in [0.2, 0.25) is 0 Å². The predicted molar refractivity (Wildman–Crippen MR) is 56.0 cm³/mol. The van der Waals surface area contributed by atoms with E-state index >= 15 is 0 Å². The number of amides is 2. The quantitative estimate of drug-likeness (QED) is 0.704. The van der Waals surface area contributed by atoms with Gasteiger partial charge in [-0.05, 0) is 27.2 Å². The van der Waals surface area contributed by atoms with Gasteiger partial charge in [0.1, 0.15) is 0 Å². The fraction of sp³-hybridized carbons (Fsp3) is 0.636. The van der Waals surface area contributed by atoms with Gasteiger partial charge in [-0.2, -0.15) is 0 Å². The summed E-state index contributed by atoms with van der Waals surface area (Å²) in [5.41, 5.74) is 0.175. The molecule has 1 atom stereocenters. The lowest BCUT2D eigenvalue weighted by Gasteiger charge is -2.35. The van der Waals surface area contributed by atoms with Crippen molar-refractivity contribution in [2.24, 2.45) is 0 Å². The molecule has 0 saturated heterocycles. The van der Waals surface area contributed by atoms with Crippen molar-refractivity contribution >= 4 is 11.8 Å². The van der Waals surface area contributed by atoms with Gasteiger partial charge in [-0.15, -0.1) is 0 Å². The molecule has 4 nitrogen and oxygen atoms in total. The topological polar surface area (TPSA) is 57.6 Å². The molecule has 0 fully saturated rings. The molecule has 84 valence electrons. The van der Waals surface area contributed by atoms with Crippen molar-refractivity contribution in [3.63, 3.8) is 0 Å². The summed E-state index contributed by atoms with van der Waals surface area (Å²) in [7, 11) is 0. The number of imide groups is 1. The minimum atomic E-state index is -0.785. The van der Waals surface area contributed by atoms with Gasteiger partial charge in [0.15, 0.2) is 0 Å². The monoisotopic (exact) mass is 211 g/mol. The third-order valence-corrected chi connectivity index (χ3v) is 3.25. The van der Waals surface area contributed by atoms with E-state index in [1.807, 2.05) is 6.92 Å². The van der Waals surface area contributed by atoms with Crippen molar-refractivity contribution in [1.82, 2.24) is 4.90 Å². The van der Waals surface area contributed by atoms with Gasteiger partial charge in [-0.3, -0.25) is 14.5 Å². The van der Waals surface area contributed by atoms with Crippen LogP contribution in [0.25, 0.3) is 0 Å². The van der Waals surface area contributed by atoms with Crippen LogP contribution in [-0.2, 0) is 9.59 Å².